The van der Waals surface area contributed by atoms with Crippen LogP contribution in [-0.2, 0) is 11.2 Å². The predicted molar refractivity (Wildman–Crippen MR) is 79.0 cm³/mol. The van der Waals surface area contributed by atoms with Crippen molar-refractivity contribution >= 4 is 5.97 Å². The Morgan fingerprint density at radius 1 is 1.19 bits per heavy atom. The van der Waals surface area contributed by atoms with Gasteiger partial charge in [0.25, 0.3) is 0 Å². The zero-order valence-electron chi connectivity index (χ0n) is 13.2. The minimum absolute atomic E-state index is 0.0508. The average Bonchev–Trinajstić information content (AvgIpc) is 2.38. The van der Waals surface area contributed by atoms with Crippen molar-refractivity contribution in [1.29, 1.82) is 0 Å². The fraction of sp³-hybridized carbons (Fsp3) is 0.533. The van der Waals surface area contributed by atoms with Crippen molar-refractivity contribution in [3.05, 3.63) is 17.7 Å². The summed E-state index contributed by atoms with van der Waals surface area (Å²) in [7, 11) is 8.50. The lowest BCUT2D eigenvalue weighted by Gasteiger charge is -2.31. The van der Waals surface area contributed by atoms with Gasteiger partial charge in [0.2, 0.25) is 5.75 Å². The molecular formula is C15H24NO5+. The smallest absolute Gasteiger partial charge is 0.362 e. The van der Waals surface area contributed by atoms with Crippen LogP contribution in [-0.4, -0.2) is 62.1 Å². The highest BCUT2D eigenvalue weighted by atomic mass is 16.5. The average molecular weight is 298 g/mol. The van der Waals surface area contributed by atoms with E-state index in [1.54, 1.807) is 12.1 Å². The molecule has 6 heteroatoms. The molecule has 0 bridgehead atoms. The quantitative estimate of drug-likeness (QED) is 0.746. The topological polar surface area (TPSA) is 76.0 Å². The second kappa shape index (κ2) is 6.67. The van der Waals surface area contributed by atoms with Gasteiger partial charge in [-0.25, -0.2) is 4.79 Å². The minimum Gasteiger partial charge on any atom is -0.502 e. The maximum atomic E-state index is 11.4. The Bertz CT molecular complexity index is 482. The van der Waals surface area contributed by atoms with E-state index in [-0.39, 0.29) is 5.75 Å². The van der Waals surface area contributed by atoms with Crippen molar-refractivity contribution < 1.29 is 29.0 Å². The van der Waals surface area contributed by atoms with Crippen molar-refractivity contribution in [3.63, 3.8) is 0 Å². The molecule has 0 aromatic heterocycles. The number of benzene rings is 1. The van der Waals surface area contributed by atoms with Gasteiger partial charge in [0.1, 0.15) is 0 Å². The molecular weight excluding hydrogens is 274 g/mol. The molecule has 1 aromatic carbocycles. The van der Waals surface area contributed by atoms with Crippen molar-refractivity contribution in [1.82, 2.24) is 0 Å². The Morgan fingerprint density at radius 3 is 2.00 bits per heavy atom. The first-order valence-electron chi connectivity index (χ1n) is 6.68. The molecule has 0 saturated heterocycles. The Morgan fingerprint density at radius 2 is 1.67 bits per heavy atom. The molecule has 0 fully saturated rings. The van der Waals surface area contributed by atoms with Crippen LogP contribution in [0, 0.1) is 0 Å². The monoisotopic (exact) mass is 298 g/mol. The summed E-state index contributed by atoms with van der Waals surface area (Å²) in [4.78, 5) is 11.4. The van der Waals surface area contributed by atoms with Crippen LogP contribution in [0.2, 0.25) is 0 Å². The van der Waals surface area contributed by atoms with Crippen molar-refractivity contribution in [3.8, 4) is 17.2 Å². The van der Waals surface area contributed by atoms with E-state index in [0.29, 0.717) is 28.8 Å². The molecule has 0 aliphatic rings. The normalized spacial score (nSPS) is 12.8. The van der Waals surface area contributed by atoms with E-state index in [2.05, 4.69) is 0 Å². The van der Waals surface area contributed by atoms with Crippen LogP contribution in [0.15, 0.2) is 12.1 Å². The van der Waals surface area contributed by atoms with Crippen LogP contribution in [0.25, 0.3) is 0 Å². The molecule has 21 heavy (non-hydrogen) atoms. The molecule has 0 spiro atoms. The van der Waals surface area contributed by atoms with E-state index in [1.807, 2.05) is 21.1 Å². The first kappa shape index (κ1) is 17.1. The van der Waals surface area contributed by atoms with Crippen molar-refractivity contribution in [2.45, 2.75) is 18.9 Å². The van der Waals surface area contributed by atoms with Crippen LogP contribution in [0.5, 0.6) is 17.2 Å². The molecule has 2 N–H and O–H groups in total. The molecule has 1 rings (SSSR count). The van der Waals surface area contributed by atoms with E-state index in [4.69, 9.17) is 9.47 Å². The summed E-state index contributed by atoms with van der Waals surface area (Å²) in [6, 6.07) is 2.90. The third kappa shape index (κ3) is 4.26. The Balaban J connectivity index is 2.95. The number of rotatable bonds is 7. The van der Waals surface area contributed by atoms with E-state index < -0.39 is 12.0 Å². The molecule has 0 aliphatic carbocycles. The molecule has 0 aliphatic heterocycles. The maximum Gasteiger partial charge on any atom is 0.362 e. The molecule has 118 valence electrons. The highest BCUT2D eigenvalue weighted by Gasteiger charge is 2.30. The van der Waals surface area contributed by atoms with Crippen molar-refractivity contribution in [2.75, 3.05) is 35.4 Å². The van der Waals surface area contributed by atoms with Gasteiger partial charge in [0.15, 0.2) is 17.5 Å². The number of nitrogens with zero attached hydrogens (tertiary/aromatic N) is 1. The van der Waals surface area contributed by atoms with Crippen LogP contribution >= 0.6 is 0 Å². The van der Waals surface area contributed by atoms with E-state index >= 15 is 0 Å². The SMILES string of the molecule is COc1cc(CCC(C(=O)O)[N+](C)(C)C)cc(OC)c1O. The number of aromatic hydroxyl groups is 1. The number of carbonyl (C=O) groups is 1. The molecule has 1 aromatic rings. The minimum atomic E-state index is -0.819. The first-order chi connectivity index (χ1) is 9.70. The predicted octanol–water partition coefficient (Wildman–Crippen LogP) is 1.50. The summed E-state index contributed by atoms with van der Waals surface area (Å²) >= 11 is 0. The summed E-state index contributed by atoms with van der Waals surface area (Å²) < 4.78 is 10.5. The maximum absolute atomic E-state index is 11.4. The van der Waals surface area contributed by atoms with E-state index in [0.717, 1.165) is 5.56 Å². The van der Waals surface area contributed by atoms with Crippen molar-refractivity contribution in [2.24, 2.45) is 0 Å². The molecule has 0 radical (unpaired) electrons. The zero-order valence-corrected chi connectivity index (χ0v) is 13.2. The molecule has 0 amide bonds. The standard InChI is InChI=1S/C15H23NO5/c1-16(2,3)11(15(18)19)7-6-10-8-12(20-4)14(17)13(9-10)21-5/h8-9,11H,6-7H2,1-5H3,(H-,17,18,19)/p+1. The van der Waals surface area contributed by atoms with Gasteiger partial charge in [0, 0.05) is 6.42 Å². The highest BCUT2D eigenvalue weighted by molar-refractivity contribution is 5.72. The number of likely N-dealkylation sites (N-methyl/N-ethyl adjacent to an activating group) is 1. The van der Waals surface area contributed by atoms with Gasteiger partial charge in [0.05, 0.1) is 35.4 Å². The zero-order chi connectivity index (χ0) is 16.2. The lowest BCUT2D eigenvalue weighted by molar-refractivity contribution is -0.887. The number of phenols is 1. The number of phenolic OH excluding ortho intramolecular Hbond substituents is 1. The fourth-order valence-electron chi connectivity index (χ4n) is 2.24. The number of quaternary nitrogens is 1. The van der Waals surface area contributed by atoms with Crippen LogP contribution in [0.1, 0.15) is 12.0 Å². The summed E-state index contributed by atoms with van der Waals surface area (Å²) in [6.45, 7) is 0. The molecule has 6 nitrogen and oxygen atoms in total. The number of methoxy groups -OCH3 is 2. The van der Waals surface area contributed by atoms with Gasteiger partial charge >= 0.3 is 5.97 Å². The summed E-state index contributed by atoms with van der Waals surface area (Å²) in [5.41, 5.74) is 0.862. The van der Waals surface area contributed by atoms with E-state index in [9.17, 15) is 15.0 Å². The van der Waals surface area contributed by atoms with Crippen LogP contribution in [0.4, 0.5) is 0 Å². The third-order valence-corrected chi connectivity index (χ3v) is 3.47. The van der Waals surface area contributed by atoms with E-state index in [1.165, 1.54) is 14.2 Å². The second-order valence-electron chi connectivity index (χ2n) is 5.86. The van der Waals surface area contributed by atoms with Gasteiger partial charge in [-0.2, -0.15) is 0 Å². The lowest BCUT2D eigenvalue weighted by atomic mass is 10.0. The summed E-state index contributed by atoms with van der Waals surface area (Å²) in [5, 5.41) is 19.2. The van der Waals surface area contributed by atoms with Gasteiger partial charge in [-0.1, -0.05) is 0 Å². The fourth-order valence-corrected chi connectivity index (χ4v) is 2.24. The van der Waals surface area contributed by atoms with Gasteiger partial charge < -0.3 is 24.2 Å². The van der Waals surface area contributed by atoms with Crippen LogP contribution < -0.4 is 9.47 Å². The number of hydrogen-bond donors (Lipinski definition) is 2. The summed E-state index contributed by atoms with van der Waals surface area (Å²) in [5.74, 6) is -0.228. The number of carboxylic acids is 1. The summed E-state index contributed by atoms with van der Waals surface area (Å²) in [6.07, 6.45) is 1.04. The third-order valence-electron chi connectivity index (χ3n) is 3.47. The number of ether oxygens (including phenoxy) is 2. The number of carboxylic acid groups (broad SMARTS) is 1. The molecule has 1 atom stereocenters. The van der Waals surface area contributed by atoms with Gasteiger partial charge in [-0.15, -0.1) is 0 Å². The first-order valence-corrected chi connectivity index (χ1v) is 6.68. The Hall–Kier alpha value is -1.95. The second-order valence-corrected chi connectivity index (χ2v) is 5.86. The molecule has 0 heterocycles. The molecule has 1 unspecified atom stereocenters. The van der Waals surface area contributed by atoms with Gasteiger partial charge in [-0.05, 0) is 24.1 Å². The lowest BCUT2D eigenvalue weighted by Crippen LogP contribution is -2.50. The van der Waals surface area contributed by atoms with Crippen LogP contribution in [0.3, 0.4) is 0 Å². The highest BCUT2D eigenvalue weighted by Crippen LogP contribution is 2.37. The largest absolute Gasteiger partial charge is 0.502 e. The number of aliphatic carboxylic acids is 1. The number of hydrogen-bond acceptors (Lipinski definition) is 4. The Labute approximate surface area is 125 Å². The Kier molecular flexibility index (Phi) is 5.43. The van der Waals surface area contributed by atoms with Gasteiger partial charge in [-0.3, -0.25) is 0 Å². The number of aryl methyl sites for hydroxylation is 1. The molecule has 0 saturated carbocycles.